The summed E-state index contributed by atoms with van der Waals surface area (Å²) in [5.41, 5.74) is 5.70. The standard InChI is InChI=1S/C31H27BrN2O4S/c1-19-4-7-22(8-5-19)28(35)18-34-30(36)29(39-31(34)37)15-23-17-33(27-11-9-24(32)16-26(23)27)12-13-38-25-10-6-20(2)21(3)14-25/h4-11,14-17H,12-13,18H2,1-3H3/b29-15-. The van der Waals surface area contributed by atoms with Crippen molar-refractivity contribution < 1.29 is 19.1 Å². The first kappa shape index (κ1) is 27.0. The van der Waals surface area contributed by atoms with E-state index < -0.39 is 11.1 Å². The highest BCUT2D eigenvalue weighted by atomic mass is 79.9. The molecular weight excluding hydrogens is 576 g/mol. The van der Waals surface area contributed by atoms with Crippen molar-refractivity contribution in [2.24, 2.45) is 0 Å². The molecule has 1 aliphatic heterocycles. The van der Waals surface area contributed by atoms with Crippen LogP contribution in [0.4, 0.5) is 4.79 Å². The fourth-order valence-electron chi connectivity index (χ4n) is 4.41. The number of hydrogen-bond acceptors (Lipinski definition) is 5. The number of carbonyl (C=O) groups is 3. The monoisotopic (exact) mass is 602 g/mol. The minimum absolute atomic E-state index is 0.275. The number of Topliss-reactive ketones (excluding diaryl/α,β-unsaturated/α-hetero) is 1. The molecule has 0 N–H and O–H groups in total. The smallest absolute Gasteiger partial charge is 0.293 e. The van der Waals surface area contributed by atoms with Gasteiger partial charge in [-0.3, -0.25) is 19.3 Å². The molecule has 0 spiro atoms. The Bertz CT molecular complexity index is 1640. The lowest BCUT2D eigenvalue weighted by Gasteiger charge is -2.11. The Kier molecular flexibility index (Phi) is 7.77. The van der Waals surface area contributed by atoms with E-state index in [2.05, 4.69) is 34.3 Å². The maximum Gasteiger partial charge on any atom is 0.293 e. The molecular formula is C31H27BrN2O4S. The average molecular weight is 604 g/mol. The fourth-order valence-corrected chi connectivity index (χ4v) is 5.60. The molecule has 1 aliphatic rings. The number of ether oxygens (including phenoxy) is 1. The largest absolute Gasteiger partial charge is 0.492 e. The van der Waals surface area contributed by atoms with E-state index in [1.54, 1.807) is 18.2 Å². The summed E-state index contributed by atoms with van der Waals surface area (Å²) in [5, 5.41) is 0.497. The lowest BCUT2D eigenvalue weighted by Crippen LogP contribution is -2.33. The number of halogens is 1. The van der Waals surface area contributed by atoms with Crippen LogP contribution in [0.5, 0.6) is 5.75 Å². The summed E-state index contributed by atoms with van der Waals surface area (Å²) in [7, 11) is 0. The van der Waals surface area contributed by atoms with E-state index in [0.717, 1.165) is 48.9 Å². The van der Waals surface area contributed by atoms with Gasteiger partial charge in [0.05, 0.1) is 18.0 Å². The van der Waals surface area contributed by atoms with Gasteiger partial charge in [0, 0.05) is 32.7 Å². The third-order valence-electron chi connectivity index (χ3n) is 6.79. The molecule has 2 amide bonds. The number of hydrogen-bond donors (Lipinski definition) is 0. The second-order valence-corrected chi connectivity index (χ2v) is 11.5. The van der Waals surface area contributed by atoms with Crippen LogP contribution in [0.25, 0.3) is 17.0 Å². The second kappa shape index (κ2) is 11.2. The number of fused-ring (bicyclic) bond motifs is 1. The summed E-state index contributed by atoms with van der Waals surface area (Å²) < 4.78 is 8.99. The zero-order chi connectivity index (χ0) is 27.7. The van der Waals surface area contributed by atoms with E-state index in [1.807, 2.05) is 61.7 Å². The number of thioether (sulfide) groups is 1. The third-order valence-corrected chi connectivity index (χ3v) is 8.19. The molecule has 3 aromatic carbocycles. The predicted octanol–water partition coefficient (Wildman–Crippen LogP) is 7.33. The highest BCUT2D eigenvalue weighted by Gasteiger charge is 2.36. The van der Waals surface area contributed by atoms with Crippen LogP contribution < -0.4 is 4.74 Å². The molecule has 1 saturated heterocycles. The minimum atomic E-state index is -0.459. The van der Waals surface area contributed by atoms with Gasteiger partial charge < -0.3 is 9.30 Å². The van der Waals surface area contributed by atoms with Crippen molar-refractivity contribution in [2.75, 3.05) is 13.2 Å². The van der Waals surface area contributed by atoms with Crippen LogP contribution in [0.1, 0.15) is 32.6 Å². The molecule has 0 radical (unpaired) electrons. The molecule has 5 rings (SSSR count). The summed E-state index contributed by atoms with van der Waals surface area (Å²) in [5.74, 6) is 0.0914. The number of carbonyl (C=O) groups excluding carboxylic acids is 3. The predicted molar refractivity (Wildman–Crippen MR) is 159 cm³/mol. The first-order valence-corrected chi connectivity index (χ1v) is 14.1. The quantitative estimate of drug-likeness (QED) is 0.156. The Morgan fingerprint density at radius 3 is 2.49 bits per heavy atom. The van der Waals surface area contributed by atoms with Gasteiger partial charge in [-0.1, -0.05) is 51.8 Å². The maximum absolute atomic E-state index is 13.2. The van der Waals surface area contributed by atoms with E-state index in [0.29, 0.717) is 23.6 Å². The Labute approximate surface area is 239 Å². The molecule has 1 fully saturated rings. The molecule has 4 aromatic rings. The number of aromatic nitrogens is 1. The van der Waals surface area contributed by atoms with Crippen molar-refractivity contribution in [3.05, 3.63) is 104 Å². The van der Waals surface area contributed by atoms with Gasteiger partial charge in [0.25, 0.3) is 11.1 Å². The summed E-state index contributed by atoms with van der Waals surface area (Å²) in [4.78, 5) is 39.9. The fraction of sp³-hybridized carbons (Fsp3) is 0.194. The van der Waals surface area contributed by atoms with E-state index >= 15 is 0 Å². The first-order chi connectivity index (χ1) is 18.7. The van der Waals surface area contributed by atoms with Crippen molar-refractivity contribution in [2.45, 2.75) is 27.3 Å². The number of aryl methyl sites for hydroxylation is 3. The lowest BCUT2D eigenvalue weighted by molar-refractivity contribution is -0.122. The Morgan fingerprint density at radius 1 is 0.974 bits per heavy atom. The molecule has 198 valence electrons. The van der Waals surface area contributed by atoms with Crippen LogP contribution >= 0.6 is 27.7 Å². The minimum Gasteiger partial charge on any atom is -0.492 e. The Hall–Kier alpha value is -3.62. The molecule has 2 heterocycles. The van der Waals surface area contributed by atoms with E-state index in [4.69, 9.17) is 4.74 Å². The van der Waals surface area contributed by atoms with Crippen LogP contribution in [-0.4, -0.2) is 39.5 Å². The number of ketones is 1. The molecule has 1 aromatic heterocycles. The van der Waals surface area contributed by atoms with Gasteiger partial charge in [0.1, 0.15) is 12.4 Å². The normalized spacial score (nSPS) is 14.6. The molecule has 8 heteroatoms. The topological polar surface area (TPSA) is 68.6 Å². The number of imide groups is 1. The van der Waals surface area contributed by atoms with Gasteiger partial charge in [-0.05, 0) is 80.1 Å². The summed E-state index contributed by atoms with van der Waals surface area (Å²) in [6.07, 6.45) is 3.70. The van der Waals surface area contributed by atoms with Crippen LogP contribution in [0.3, 0.4) is 0 Å². The molecule has 0 saturated carbocycles. The zero-order valence-corrected chi connectivity index (χ0v) is 24.3. The summed E-state index contributed by atoms with van der Waals surface area (Å²) in [6.45, 7) is 6.86. The zero-order valence-electron chi connectivity index (χ0n) is 21.9. The van der Waals surface area contributed by atoms with Gasteiger partial charge in [-0.2, -0.15) is 0 Å². The Morgan fingerprint density at radius 2 is 1.74 bits per heavy atom. The van der Waals surface area contributed by atoms with E-state index in [1.165, 1.54) is 11.1 Å². The van der Waals surface area contributed by atoms with Crippen molar-refractivity contribution in [3.8, 4) is 5.75 Å². The van der Waals surface area contributed by atoms with Crippen molar-refractivity contribution in [1.29, 1.82) is 0 Å². The van der Waals surface area contributed by atoms with Crippen LogP contribution in [-0.2, 0) is 11.3 Å². The number of benzene rings is 3. The van der Waals surface area contributed by atoms with E-state index in [-0.39, 0.29) is 12.3 Å². The first-order valence-electron chi connectivity index (χ1n) is 12.5. The number of nitrogens with zero attached hydrogens (tertiary/aromatic N) is 2. The molecule has 6 nitrogen and oxygen atoms in total. The van der Waals surface area contributed by atoms with Crippen LogP contribution in [0.2, 0.25) is 0 Å². The van der Waals surface area contributed by atoms with Crippen molar-refractivity contribution in [1.82, 2.24) is 9.47 Å². The van der Waals surface area contributed by atoms with Crippen LogP contribution in [0.15, 0.2) is 76.2 Å². The van der Waals surface area contributed by atoms with Gasteiger partial charge in [-0.15, -0.1) is 0 Å². The molecule has 0 aliphatic carbocycles. The highest BCUT2D eigenvalue weighted by molar-refractivity contribution is 9.10. The average Bonchev–Trinajstić information content (AvgIpc) is 3.37. The van der Waals surface area contributed by atoms with Crippen molar-refractivity contribution >= 4 is 61.6 Å². The van der Waals surface area contributed by atoms with Gasteiger partial charge in [-0.25, -0.2) is 0 Å². The molecule has 39 heavy (non-hydrogen) atoms. The number of amides is 2. The van der Waals surface area contributed by atoms with E-state index in [9.17, 15) is 14.4 Å². The highest BCUT2D eigenvalue weighted by Crippen LogP contribution is 2.35. The third kappa shape index (κ3) is 5.87. The number of rotatable bonds is 8. The molecule has 0 atom stereocenters. The Balaban J connectivity index is 1.36. The van der Waals surface area contributed by atoms with Crippen LogP contribution in [0, 0.1) is 20.8 Å². The lowest BCUT2D eigenvalue weighted by atomic mass is 10.1. The summed E-state index contributed by atoms with van der Waals surface area (Å²) in [6, 6.07) is 19.1. The van der Waals surface area contributed by atoms with Gasteiger partial charge in [0.2, 0.25) is 0 Å². The SMILES string of the molecule is Cc1ccc(C(=O)CN2C(=O)S/C(=C\c3cn(CCOc4ccc(C)c(C)c4)c4ccc(Br)cc34)C2=O)cc1. The second-order valence-electron chi connectivity index (χ2n) is 9.59. The van der Waals surface area contributed by atoms with Crippen molar-refractivity contribution in [3.63, 3.8) is 0 Å². The van der Waals surface area contributed by atoms with Gasteiger partial charge in [0.15, 0.2) is 5.78 Å². The maximum atomic E-state index is 13.2. The summed E-state index contributed by atoms with van der Waals surface area (Å²) >= 11 is 4.40. The van der Waals surface area contributed by atoms with Gasteiger partial charge >= 0.3 is 0 Å². The molecule has 0 unspecified atom stereocenters. The molecule has 0 bridgehead atoms.